The van der Waals surface area contributed by atoms with Crippen LogP contribution in [0.3, 0.4) is 0 Å². The van der Waals surface area contributed by atoms with E-state index in [2.05, 4.69) is 31.5 Å². The molecule has 0 aliphatic carbocycles. The van der Waals surface area contributed by atoms with Crippen LogP contribution in [-0.4, -0.2) is 35.2 Å². The number of carboxylic acid groups (broad SMARTS) is 1. The summed E-state index contributed by atoms with van der Waals surface area (Å²) in [5.74, 6) is 0.457. The number of nitrogens with zero attached hydrogens (tertiary/aromatic N) is 1. The highest BCUT2D eigenvalue weighted by atomic mass is 79.9. The lowest BCUT2D eigenvalue weighted by Crippen LogP contribution is -2.34. The van der Waals surface area contributed by atoms with Gasteiger partial charge in [0.05, 0.1) is 24.6 Å². The SMILES string of the molecule is COc1cc(NC(=O)C(C)CC(C)NC(=O)O)c(Br)cc1-c1cnco1. The zero-order valence-corrected chi connectivity index (χ0v) is 16.2. The molecule has 9 heteroatoms. The molecule has 1 aromatic heterocycles. The molecular weight excluding hydrogens is 406 g/mol. The van der Waals surface area contributed by atoms with Gasteiger partial charge in [0.25, 0.3) is 0 Å². The van der Waals surface area contributed by atoms with Crippen molar-refractivity contribution in [3.8, 4) is 17.1 Å². The summed E-state index contributed by atoms with van der Waals surface area (Å²) < 4.78 is 11.3. The molecule has 2 atom stereocenters. The van der Waals surface area contributed by atoms with Gasteiger partial charge in [0.2, 0.25) is 5.91 Å². The predicted octanol–water partition coefficient (Wildman–Crippen LogP) is 3.73. The molecule has 2 aromatic rings. The lowest BCUT2D eigenvalue weighted by molar-refractivity contribution is -0.119. The summed E-state index contributed by atoms with van der Waals surface area (Å²) >= 11 is 3.43. The maximum absolute atomic E-state index is 12.4. The monoisotopic (exact) mass is 425 g/mol. The third-order valence-corrected chi connectivity index (χ3v) is 4.43. The summed E-state index contributed by atoms with van der Waals surface area (Å²) in [6.45, 7) is 3.45. The van der Waals surface area contributed by atoms with Crippen molar-refractivity contribution in [1.29, 1.82) is 0 Å². The van der Waals surface area contributed by atoms with Crippen LogP contribution < -0.4 is 15.4 Å². The Morgan fingerprint density at radius 2 is 2.12 bits per heavy atom. The van der Waals surface area contributed by atoms with E-state index in [9.17, 15) is 9.59 Å². The van der Waals surface area contributed by atoms with Crippen LogP contribution in [0.4, 0.5) is 10.5 Å². The topological polar surface area (TPSA) is 114 Å². The summed E-state index contributed by atoms with van der Waals surface area (Å²) in [6, 6.07) is 3.12. The van der Waals surface area contributed by atoms with Crippen molar-refractivity contribution >= 4 is 33.6 Å². The first-order chi connectivity index (χ1) is 12.3. The fourth-order valence-corrected chi connectivity index (χ4v) is 2.96. The molecule has 1 aromatic carbocycles. The first-order valence-electron chi connectivity index (χ1n) is 7.88. The van der Waals surface area contributed by atoms with Crippen LogP contribution in [0.5, 0.6) is 5.75 Å². The number of amides is 2. The number of oxazole rings is 1. The normalized spacial score (nSPS) is 12.9. The van der Waals surface area contributed by atoms with E-state index in [0.29, 0.717) is 33.7 Å². The fraction of sp³-hybridized carbons (Fsp3) is 0.353. The molecule has 0 saturated carbocycles. The molecule has 26 heavy (non-hydrogen) atoms. The van der Waals surface area contributed by atoms with E-state index in [1.54, 1.807) is 32.2 Å². The van der Waals surface area contributed by atoms with Crippen LogP contribution in [0, 0.1) is 5.92 Å². The Bertz CT molecular complexity index is 779. The highest BCUT2D eigenvalue weighted by Crippen LogP contribution is 2.37. The number of rotatable bonds is 7. The van der Waals surface area contributed by atoms with Crippen LogP contribution in [-0.2, 0) is 4.79 Å². The van der Waals surface area contributed by atoms with Crippen LogP contribution >= 0.6 is 15.9 Å². The van der Waals surface area contributed by atoms with Crippen LogP contribution in [0.15, 0.2) is 33.6 Å². The van der Waals surface area contributed by atoms with E-state index >= 15 is 0 Å². The first kappa shape index (κ1) is 19.8. The molecule has 0 fully saturated rings. The van der Waals surface area contributed by atoms with Gasteiger partial charge >= 0.3 is 6.09 Å². The Kier molecular flexibility index (Phi) is 6.62. The Morgan fingerprint density at radius 1 is 1.38 bits per heavy atom. The number of nitrogens with one attached hydrogen (secondary N) is 2. The third-order valence-electron chi connectivity index (χ3n) is 3.77. The molecule has 3 N–H and O–H groups in total. The summed E-state index contributed by atoms with van der Waals surface area (Å²) in [6.07, 6.45) is 2.16. The summed E-state index contributed by atoms with van der Waals surface area (Å²) in [7, 11) is 1.52. The molecule has 2 amide bonds. The van der Waals surface area contributed by atoms with Crippen molar-refractivity contribution in [2.75, 3.05) is 12.4 Å². The van der Waals surface area contributed by atoms with Gasteiger partial charge in [-0.2, -0.15) is 0 Å². The molecule has 140 valence electrons. The molecule has 8 nitrogen and oxygen atoms in total. The second-order valence-electron chi connectivity index (χ2n) is 5.87. The molecule has 0 aliphatic heterocycles. The molecule has 0 bridgehead atoms. The highest BCUT2D eigenvalue weighted by molar-refractivity contribution is 9.10. The zero-order valence-electron chi connectivity index (χ0n) is 14.6. The van der Waals surface area contributed by atoms with Crippen LogP contribution in [0.1, 0.15) is 20.3 Å². The molecule has 1 heterocycles. The minimum atomic E-state index is -1.11. The molecule has 0 saturated heterocycles. The van der Waals surface area contributed by atoms with Crippen molar-refractivity contribution in [3.63, 3.8) is 0 Å². The number of halogens is 1. The van der Waals surface area contributed by atoms with Gasteiger partial charge in [0, 0.05) is 22.5 Å². The number of carbonyl (C=O) groups is 2. The molecular formula is C17H20BrN3O5. The average Bonchev–Trinajstić information content (AvgIpc) is 3.09. The second-order valence-corrected chi connectivity index (χ2v) is 6.73. The van der Waals surface area contributed by atoms with Crippen molar-refractivity contribution in [2.24, 2.45) is 5.92 Å². The highest BCUT2D eigenvalue weighted by Gasteiger charge is 2.20. The summed E-state index contributed by atoms with van der Waals surface area (Å²) in [5.41, 5.74) is 1.24. The molecule has 0 radical (unpaired) electrons. The number of hydrogen-bond acceptors (Lipinski definition) is 5. The smallest absolute Gasteiger partial charge is 0.404 e. The van der Waals surface area contributed by atoms with Crippen molar-refractivity contribution in [2.45, 2.75) is 26.3 Å². The van der Waals surface area contributed by atoms with E-state index in [4.69, 9.17) is 14.3 Å². The van der Waals surface area contributed by atoms with Crippen molar-refractivity contribution in [1.82, 2.24) is 10.3 Å². The van der Waals surface area contributed by atoms with E-state index in [1.807, 2.05) is 0 Å². The first-order valence-corrected chi connectivity index (χ1v) is 8.67. The second kappa shape index (κ2) is 8.70. The summed E-state index contributed by atoms with van der Waals surface area (Å²) in [5, 5.41) is 13.9. The quantitative estimate of drug-likeness (QED) is 0.622. The number of benzene rings is 1. The number of carbonyl (C=O) groups excluding carboxylic acids is 1. The van der Waals surface area contributed by atoms with Gasteiger partial charge < -0.3 is 24.9 Å². The van der Waals surface area contributed by atoms with Gasteiger partial charge in [-0.1, -0.05) is 6.92 Å². The number of ether oxygens (including phenoxy) is 1. The van der Waals surface area contributed by atoms with Gasteiger partial charge in [-0.3, -0.25) is 4.79 Å². The lowest BCUT2D eigenvalue weighted by atomic mass is 10.0. The number of anilines is 1. The molecule has 0 spiro atoms. The largest absolute Gasteiger partial charge is 0.496 e. The van der Waals surface area contributed by atoms with Gasteiger partial charge in [0.15, 0.2) is 12.2 Å². The van der Waals surface area contributed by atoms with E-state index in [0.717, 1.165) is 0 Å². The van der Waals surface area contributed by atoms with Gasteiger partial charge in [-0.15, -0.1) is 0 Å². The number of hydrogen-bond donors (Lipinski definition) is 3. The number of aromatic nitrogens is 1. The maximum Gasteiger partial charge on any atom is 0.404 e. The van der Waals surface area contributed by atoms with Gasteiger partial charge in [-0.05, 0) is 35.3 Å². The Morgan fingerprint density at radius 3 is 2.69 bits per heavy atom. The standard InChI is InChI=1S/C17H20BrN3O5/c1-9(4-10(2)20-17(23)24)16(22)21-13-6-14(25-3)11(5-12(13)18)15-7-19-8-26-15/h5-10,20H,4H2,1-3H3,(H,21,22)(H,23,24). The van der Waals surface area contributed by atoms with E-state index in [-0.39, 0.29) is 17.9 Å². The maximum atomic E-state index is 12.4. The Balaban J connectivity index is 2.13. The van der Waals surface area contributed by atoms with Crippen molar-refractivity contribution < 1.29 is 23.8 Å². The Hall–Kier alpha value is -2.55. The zero-order chi connectivity index (χ0) is 19.3. The van der Waals surface area contributed by atoms with Crippen molar-refractivity contribution in [3.05, 3.63) is 29.2 Å². The van der Waals surface area contributed by atoms with Crippen LogP contribution in [0.25, 0.3) is 11.3 Å². The number of methoxy groups -OCH3 is 1. The molecule has 0 aliphatic rings. The summed E-state index contributed by atoms with van der Waals surface area (Å²) in [4.78, 5) is 27.0. The van der Waals surface area contributed by atoms with Gasteiger partial charge in [-0.25, -0.2) is 9.78 Å². The van der Waals surface area contributed by atoms with E-state index in [1.165, 1.54) is 13.5 Å². The predicted molar refractivity (Wildman–Crippen MR) is 99.2 cm³/mol. The third kappa shape index (κ3) is 4.98. The molecule has 2 rings (SSSR count). The molecule has 2 unspecified atom stereocenters. The van der Waals surface area contributed by atoms with Gasteiger partial charge in [0.1, 0.15) is 5.75 Å². The Labute approximate surface area is 159 Å². The van der Waals surface area contributed by atoms with E-state index < -0.39 is 6.09 Å². The minimum absolute atomic E-state index is 0.223. The minimum Gasteiger partial charge on any atom is -0.496 e. The lowest BCUT2D eigenvalue weighted by Gasteiger charge is -2.18. The average molecular weight is 426 g/mol. The fourth-order valence-electron chi connectivity index (χ4n) is 2.52. The van der Waals surface area contributed by atoms with Crippen LogP contribution in [0.2, 0.25) is 0 Å².